The predicted molar refractivity (Wildman–Crippen MR) is 359 cm³/mol. The van der Waals surface area contributed by atoms with E-state index in [1.54, 1.807) is 0 Å². The second kappa shape index (κ2) is 19.8. The Balaban J connectivity index is 0.762. The van der Waals surface area contributed by atoms with Crippen LogP contribution in [0, 0.1) is 0 Å². The second-order valence-corrected chi connectivity index (χ2v) is 22.5. The van der Waals surface area contributed by atoms with Crippen LogP contribution in [0.1, 0.15) is 0 Å². The average molecular weight is 1130 g/mol. The summed E-state index contributed by atoms with van der Waals surface area (Å²) in [7, 11) is 0. The zero-order chi connectivity index (χ0) is 57.8. The molecule has 18 rings (SSSR count). The Bertz CT molecular complexity index is 5730. The quantitative estimate of drug-likeness (QED) is 0.143. The Labute approximate surface area is 504 Å². The van der Waals surface area contributed by atoms with Crippen LogP contribution in [0.2, 0.25) is 0 Å². The smallest absolute Gasteiger partial charge is 0.160 e. The number of hydrogen-bond donors (Lipinski definition) is 0. The molecule has 0 saturated heterocycles. The van der Waals surface area contributed by atoms with E-state index in [-0.39, 0.29) is 0 Å². The largest absolute Gasteiger partial charge is 0.456 e. The van der Waals surface area contributed by atoms with Gasteiger partial charge in [-0.2, -0.15) is 0 Å². The molecule has 0 aliphatic carbocycles. The van der Waals surface area contributed by atoms with Crippen LogP contribution in [0.25, 0.3) is 178 Å². The summed E-state index contributed by atoms with van der Waals surface area (Å²) in [5.41, 5.74) is 21.3. The predicted octanol–water partition coefficient (Wildman–Crippen LogP) is 20.9. The summed E-state index contributed by atoms with van der Waals surface area (Å²) in [5, 5.41) is 9.01. The summed E-state index contributed by atoms with van der Waals surface area (Å²) in [5.74, 6) is 1.30. The molecule has 6 aromatic heterocycles. The molecule has 0 bridgehead atoms. The van der Waals surface area contributed by atoms with Crippen LogP contribution in [0.15, 0.2) is 300 Å². The molecule has 8 nitrogen and oxygen atoms in total. The third-order valence-corrected chi connectivity index (χ3v) is 17.4. The number of hydrogen-bond acceptors (Lipinski definition) is 6. The third kappa shape index (κ3) is 8.00. The van der Waals surface area contributed by atoms with Gasteiger partial charge in [0.15, 0.2) is 11.6 Å². The highest BCUT2D eigenvalue weighted by Crippen LogP contribution is 2.45. The van der Waals surface area contributed by atoms with Gasteiger partial charge in [-0.15, -0.1) is 0 Å². The Hall–Kier alpha value is -12.0. The van der Waals surface area contributed by atoms with Gasteiger partial charge in [0.05, 0.1) is 44.8 Å². The van der Waals surface area contributed by atoms with Crippen molar-refractivity contribution in [2.75, 3.05) is 0 Å². The molecule has 12 aromatic carbocycles. The van der Waals surface area contributed by atoms with Crippen molar-refractivity contribution in [3.63, 3.8) is 0 Å². The molecule has 0 N–H and O–H groups in total. The molecule has 0 saturated carbocycles. The lowest BCUT2D eigenvalue weighted by molar-refractivity contribution is 0.669. The monoisotopic (exact) mass is 1120 g/mol. The van der Waals surface area contributed by atoms with E-state index in [1.165, 1.54) is 10.8 Å². The van der Waals surface area contributed by atoms with Gasteiger partial charge in [-0.25, -0.2) is 19.9 Å². The van der Waals surface area contributed by atoms with Crippen molar-refractivity contribution in [2.24, 2.45) is 0 Å². The van der Waals surface area contributed by atoms with Crippen LogP contribution in [-0.4, -0.2) is 29.1 Å². The molecule has 0 amide bonds. The number of furan rings is 2. The fourth-order valence-electron chi connectivity index (χ4n) is 13.3. The summed E-state index contributed by atoms with van der Waals surface area (Å²) in [6.07, 6.45) is 0. The van der Waals surface area contributed by atoms with Gasteiger partial charge >= 0.3 is 0 Å². The highest BCUT2D eigenvalue weighted by molar-refractivity contribution is 6.27. The average Bonchev–Trinajstić information content (AvgIpc) is 1.72. The van der Waals surface area contributed by atoms with Crippen LogP contribution in [0.5, 0.6) is 0 Å². The van der Waals surface area contributed by atoms with Gasteiger partial charge in [0.2, 0.25) is 0 Å². The van der Waals surface area contributed by atoms with Crippen LogP contribution < -0.4 is 0 Å². The van der Waals surface area contributed by atoms with E-state index in [9.17, 15) is 0 Å². The molecular weight excluding hydrogens is 1080 g/mol. The first-order valence-electron chi connectivity index (χ1n) is 29.6. The third-order valence-electron chi connectivity index (χ3n) is 17.4. The van der Waals surface area contributed by atoms with Gasteiger partial charge < -0.3 is 18.0 Å². The standard InChI is InChI=1S/C80H48N6O2/c1-4-18-49(19-5-1)64-46-65(50-20-6-2-7-21-50)82-79(81-64)52-36-40-57(41-37-52)86-69-31-17-29-58(76(69)63-45-62-59-26-11-14-32-72(59)88-75(62)48-71(63)86)54-24-16-25-55(44-54)67-47-66(51-22-8-3-9-23-51)83-80(84-67)53-34-38-56(39-35-53)85-68-30-13-10-27-60(68)77-70(85)42-43-74-78(77)61-28-12-15-33-73(61)87-74/h1-48H. The van der Waals surface area contributed by atoms with Gasteiger partial charge in [0.1, 0.15) is 22.3 Å². The molecule has 0 spiro atoms. The first-order chi connectivity index (χ1) is 43.6. The Morgan fingerprint density at radius 1 is 0.227 bits per heavy atom. The Morgan fingerprint density at radius 2 is 0.693 bits per heavy atom. The van der Waals surface area contributed by atoms with Crippen molar-refractivity contribution in [2.45, 2.75) is 0 Å². The summed E-state index contributed by atoms with van der Waals surface area (Å²) >= 11 is 0. The van der Waals surface area contributed by atoms with E-state index in [4.69, 9.17) is 28.8 Å². The molecule has 0 atom stereocenters. The minimum absolute atomic E-state index is 0.641. The molecule has 18 aromatic rings. The molecule has 6 heterocycles. The minimum atomic E-state index is 0.641. The van der Waals surface area contributed by atoms with Gasteiger partial charge in [-0.1, -0.05) is 176 Å². The summed E-state index contributed by atoms with van der Waals surface area (Å²) in [6.45, 7) is 0. The zero-order valence-electron chi connectivity index (χ0n) is 47.2. The molecule has 0 unspecified atom stereocenters. The van der Waals surface area contributed by atoms with Crippen molar-refractivity contribution < 1.29 is 8.83 Å². The topological polar surface area (TPSA) is 87.7 Å². The maximum absolute atomic E-state index is 6.61. The second-order valence-electron chi connectivity index (χ2n) is 22.5. The minimum Gasteiger partial charge on any atom is -0.456 e. The van der Waals surface area contributed by atoms with Gasteiger partial charge in [0.25, 0.3) is 0 Å². The number of fused-ring (bicyclic) bond motifs is 13. The van der Waals surface area contributed by atoms with Gasteiger partial charge in [-0.3, -0.25) is 0 Å². The SMILES string of the molecule is c1ccc(-c2cc(-c3ccccc3)nc(-c3ccc(-n4c5cc6oc7ccccc7c6cc5c5c(-c6cccc(-c7cc(-c8ccccc8)nc(-c8ccc(-n9c%10ccccc%10c%10c%11c(ccc%109)oc9ccccc9%11)cc8)n7)c6)cccc54)cc3)n2)cc1. The van der Waals surface area contributed by atoms with E-state index in [0.717, 1.165) is 155 Å². The van der Waals surface area contributed by atoms with Crippen molar-refractivity contribution in [1.29, 1.82) is 0 Å². The highest BCUT2D eigenvalue weighted by Gasteiger charge is 2.23. The summed E-state index contributed by atoms with van der Waals surface area (Å²) in [6, 6.07) is 102. The number of benzene rings is 12. The van der Waals surface area contributed by atoms with E-state index < -0.39 is 0 Å². The molecule has 0 aliphatic rings. The normalized spacial score (nSPS) is 11.9. The number of nitrogens with zero attached hydrogens (tertiary/aromatic N) is 6. The van der Waals surface area contributed by atoms with Crippen LogP contribution >= 0.6 is 0 Å². The molecule has 8 heteroatoms. The van der Waals surface area contributed by atoms with E-state index in [2.05, 4.69) is 234 Å². The lowest BCUT2D eigenvalue weighted by Crippen LogP contribution is -1.97. The highest BCUT2D eigenvalue weighted by atomic mass is 16.3. The first-order valence-corrected chi connectivity index (χ1v) is 29.6. The lowest BCUT2D eigenvalue weighted by Gasteiger charge is -2.13. The van der Waals surface area contributed by atoms with Crippen molar-refractivity contribution in [3.8, 4) is 90.3 Å². The number of rotatable bonds is 9. The Kier molecular flexibility index (Phi) is 11.1. The summed E-state index contributed by atoms with van der Waals surface area (Å²) < 4.78 is 17.7. The molecular formula is C80H48N6O2. The summed E-state index contributed by atoms with van der Waals surface area (Å²) in [4.78, 5) is 21.0. The fourth-order valence-corrected chi connectivity index (χ4v) is 13.3. The van der Waals surface area contributed by atoms with E-state index in [0.29, 0.717) is 11.6 Å². The molecule has 410 valence electrons. The lowest BCUT2D eigenvalue weighted by atomic mass is 9.96. The van der Waals surface area contributed by atoms with Crippen molar-refractivity contribution in [1.82, 2.24) is 29.1 Å². The molecule has 88 heavy (non-hydrogen) atoms. The maximum atomic E-state index is 6.61. The molecule has 0 radical (unpaired) electrons. The van der Waals surface area contributed by atoms with Crippen molar-refractivity contribution in [3.05, 3.63) is 291 Å². The van der Waals surface area contributed by atoms with Crippen LogP contribution in [-0.2, 0) is 0 Å². The number of para-hydroxylation sites is 3. The van der Waals surface area contributed by atoms with Gasteiger partial charge in [0, 0.05) is 93.9 Å². The molecule has 0 fully saturated rings. The Morgan fingerprint density at radius 3 is 1.32 bits per heavy atom. The zero-order valence-corrected chi connectivity index (χ0v) is 47.2. The number of aromatic nitrogens is 6. The van der Waals surface area contributed by atoms with Crippen molar-refractivity contribution >= 4 is 87.5 Å². The van der Waals surface area contributed by atoms with Crippen LogP contribution in [0.3, 0.4) is 0 Å². The molecule has 0 aliphatic heterocycles. The van der Waals surface area contributed by atoms with E-state index >= 15 is 0 Å². The fraction of sp³-hybridized carbons (Fsp3) is 0. The van der Waals surface area contributed by atoms with Crippen LogP contribution in [0.4, 0.5) is 0 Å². The van der Waals surface area contributed by atoms with E-state index in [1.807, 2.05) is 66.7 Å². The van der Waals surface area contributed by atoms with Gasteiger partial charge in [-0.05, 0) is 120 Å². The maximum Gasteiger partial charge on any atom is 0.160 e. The first kappa shape index (κ1) is 49.4.